The van der Waals surface area contributed by atoms with E-state index in [9.17, 15) is 9.59 Å². The Balaban J connectivity index is 1.44. The summed E-state index contributed by atoms with van der Waals surface area (Å²) in [5.41, 5.74) is 2.10. The van der Waals surface area contributed by atoms with Gasteiger partial charge in [-0.1, -0.05) is 124 Å². The van der Waals surface area contributed by atoms with Crippen LogP contribution in [0.1, 0.15) is 103 Å². The molecule has 0 aromatic heterocycles. The Kier molecular flexibility index (Phi) is 7.89. The second kappa shape index (κ2) is 10.9. The predicted molar refractivity (Wildman–Crippen MR) is 189 cm³/mol. The van der Waals surface area contributed by atoms with Crippen LogP contribution < -0.4 is 0 Å². The van der Waals surface area contributed by atoms with Crippen LogP contribution in [0.25, 0.3) is 43.1 Å². The van der Waals surface area contributed by atoms with E-state index in [4.69, 9.17) is 0 Å². The van der Waals surface area contributed by atoms with Gasteiger partial charge in [0.25, 0.3) is 5.91 Å². The third kappa shape index (κ3) is 5.07. The van der Waals surface area contributed by atoms with Gasteiger partial charge in [0.15, 0.2) is 6.29 Å². The van der Waals surface area contributed by atoms with E-state index in [1.54, 1.807) is 0 Å². The fraction of sp³-hybridized carbons (Fsp3) is 0.463. The molecule has 1 atom stereocenters. The first kappa shape index (κ1) is 31.9. The lowest BCUT2D eigenvalue weighted by Gasteiger charge is -2.52. The Morgan fingerprint density at radius 3 is 1.77 bits per heavy atom. The van der Waals surface area contributed by atoms with Gasteiger partial charge in [0, 0.05) is 24.7 Å². The Bertz CT molecular complexity index is 1850. The molecule has 1 amide bonds. The van der Waals surface area contributed by atoms with Crippen molar-refractivity contribution in [2.24, 2.45) is 27.6 Å². The van der Waals surface area contributed by atoms with Crippen LogP contribution in [0.15, 0.2) is 60.7 Å². The summed E-state index contributed by atoms with van der Waals surface area (Å²) in [6.45, 7) is 24.6. The summed E-state index contributed by atoms with van der Waals surface area (Å²) in [5, 5.41) is 8.65. The molecule has 0 saturated heterocycles. The van der Waals surface area contributed by atoms with Gasteiger partial charge in [-0.05, 0) is 89.6 Å². The first-order valence-corrected chi connectivity index (χ1v) is 16.3. The minimum absolute atomic E-state index is 0.0622. The van der Waals surface area contributed by atoms with Crippen molar-refractivity contribution in [1.82, 2.24) is 4.90 Å². The van der Waals surface area contributed by atoms with Crippen LogP contribution in [0.4, 0.5) is 0 Å². The SMILES string of the molecule is CC(CCN(C)C(=O)c1ccc2c3cccc4c(C=O)ccc(c5cccc1c52)c43)C(C)(C)C(C)(C)CC(C)(C)C(C)(C)C. The molecule has 0 bridgehead atoms. The standard InChI is InChI=1S/C41H51NO2/c1-26(41(9,10)40(7,8)25-39(5,6)38(2,3)4)22-23-42(11)37(44)34-21-20-33-29-15-12-14-28-27(24-43)18-19-32(35(28)29)30-16-13-17-31(34)36(30)33/h12-21,24,26H,22-23,25H2,1-11H3. The number of nitrogens with zero attached hydrogens (tertiary/aromatic N) is 1. The molecule has 5 rings (SSSR count). The van der Waals surface area contributed by atoms with E-state index in [1.165, 1.54) is 0 Å². The molecule has 0 heterocycles. The van der Waals surface area contributed by atoms with Gasteiger partial charge in [-0.25, -0.2) is 0 Å². The van der Waals surface area contributed by atoms with Crippen molar-refractivity contribution >= 4 is 55.3 Å². The number of benzene rings is 5. The molecule has 0 aliphatic carbocycles. The van der Waals surface area contributed by atoms with Gasteiger partial charge in [-0.15, -0.1) is 0 Å². The lowest BCUT2D eigenvalue weighted by molar-refractivity contribution is -0.0285. The smallest absolute Gasteiger partial charge is 0.254 e. The zero-order valence-corrected chi connectivity index (χ0v) is 28.8. The second-order valence-corrected chi connectivity index (χ2v) is 16.3. The molecule has 5 aromatic rings. The quantitative estimate of drug-likeness (QED) is 0.0974. The fourth-order valence-corrected chi connectivity index (χ4v) is 7.34. The Hall–Kier alpha value is -3.46. The van der Waals surface area contributed by atoms with Gasteiger partial charge in [-0.2, -0.15) is 0 Å². The molecule has 0 aliphatic rings. The normalized spacial score (nSPS) is 14.2. The number of fused-ring (bicyclic) bond motifs is 2. The van der Waals surface area contributed by atoms with Crippen LogP contribution >= 0.6 is 0 Å². The van der Waals surface area contributed by atoms with Gasteiger partial charge in [0.1, 0.15) is 0 Å². The Morgan fingerprint density at radius 2 is 1.20 bits per heavy atom. The van der Waals surface area contributed by atoms with Crippen LogP contribution in [-0.4, -0.2) is 30.7 Å². The zero-order valence-electron chi connectivity index (χ0n) is 28.8. The number of aldehydes is 1. The molecule has 0 spiro atoms. The van der Waals surface area contributed by atoms with E-state index in [1.807, 2.05) is 36.2 Å². The maximum atomic E-state index is 14.1. The van der Waals surface area contributed by atoms with Gasteiger partial charge in [-0.3, -0.25) is 9.59 Å². The van der Waals surface area contributed by atoms with Gasteiger partial charge >= 0.3 is 0 Å². The first-order valence-electron chi connectivity index (χ1n) is 16.3. The lowest BCUT2D eigenvalue weighted by Crippen LogP contribution is -2.44. The van der Waals surface area contributed by atoms with Gasteiger partial charge < -0.3 is 4.90 Å². The molecule has 0 saturated carbocycles. The van der Waals surface area contributed by atoms with Crippen molar-refractivity contribution in [3.63, 3.8) is 0 Å². The van der Waals surface area contributed by atoms with Crippen molar-refractivity contribution < 1.29 is 9.59 Å². The average molecular weight is 590 g/mol. The number of rotatable bonds is 9. The molecule has 3 nitrogen and oxygen atoms in total. The second-order valence-electron chi connectivity index (χ2n) is 16.3. The molecule has 0 N–H and O–H groups in total. The molecule has 0 radical (unpaired) electrons. The van der Waals surface area contributed by atoms with Crippen LogP contribution in [0.3, 0.4) is 0 Å². The maximum Gasteiger partial charge on any atom is 0.254 e. The minimum Gasteiger partial charge on any atom is -0.342 e. The van der Waals surface area contributed by atoms with Crippen LogP contribution in [0.2, 0.25) is 0 Å². The van der Waals surface area contributed by atoms with Crippen molar-refractivity contribution in [1.29, 1.82) is 0 Å². The average Bonchev–Trinajstić information content (AvgIpc) is 2.96. The topological polar surface area (TPSA) is 37.4 Å². The highest BCUT2D eigenvalue weighted by Gasteiger charge is 2.46. The van der Waals surface area contributed by atoms with Crippen molar-refractivity contribution in [3.05, 3.63) is 71.8 Å². The molecular formula is C41H51NO2. The lowest BCUT2D eigenvalue weighted by atomic mass is 9.53. The van der Waals surface area contributed by atoms with Crippen molar-refractivity contribution in [2.75, 3.05) is 13.6 Å². The minimum atomic E-state index is 0.0622. The molecule has 3 heteroatoms. The number of carbonyl (C=O) groups excluding carboxylic acids is 2. The molecule has 44 heavy (non-hydrogen) atoms. The highest BCUT2D eigenvalue weighted by atomic mass is 16.2. The molecular weight excluding hydrogens is 538 g/mol. The summed E-state index contributed by atoms with van der Waals surface area (Å²) in [4.78, 5) is 27.8. The number of hydrogen-bond acceptors (Lipinski definition) is 2. The van der Waals surface area contributed by atoms with Crippen LogP contribution in [-0.2, 0) is 0 Å². The largest absolute Gasteiger partial charge is 0.342 e. The van der Waals surface area contributed by atoms with E-state index >= 15 is 0 Å². The monoisotopic (exact) mass is 589 g/mol. The summed E-state index contributed by atoms with van der Waals surface area (Å²) in [5.74, 6) is 0.500. The molecule has 0 aliphatic heterocycles. The van der Waals surface area contributed by atoms with E-state index in [2.05, 4.69) is 106 Å². The van der Waals surface area contributed by atoms with E-state index in [0.717, 1.165) is 67.8 Å². The summed E-state index contributed by atoms with van der Waals surface area (Å²) < 4.78 is 0. The van der Waals surface area contributed by atoms with Gasteiger partial charge in [0.05, 0.1) is 0 Å². The van der Waals surface area contributed by atoms with E-state index in [0.29, 0.717) is 18.0 Å². The summed E-state index contributed by atoms with van der Waals surface area (Å²) in [6.07, 6.45) is 3.03. The molecule has 5 aromatic carbocycles. The summed E-state index contributed by atoms with van der Waals surface area (Å²) in [7, 11) is 1.95. The van der Waals surface area contributed by atoms with Crippen molar-refractivity contribution in [3.8, 4) is 0 Å². The van der Waals surface area contributed by atoms with Crippen LogP contribution in [0, 0.1) is 27.6 Å². The van der Waals surface area contributed by atoms with Crippen LogP contribution in [0.5, 0.6) is 0 Å². The third-order valence-electron chi connectivity index (χ3n) is 12.2. The first-order chi connectivity index (χ1) is 20.4. The predicted octanol–water partition coefficient (Wildman–Crippen LogP) is 11.2. The highest BCUT2D eigenvalue weighted by Crippen LogP contribution is 2.55. The zero-order chi connectivity index (χ0) is 32.4. The number of amides is 1. The Labute approximate surface area is 264 Å². The molecule has 1 unspecified atom stereocenters. The summed E-state index contributed by atoms with van der Waals surface area (Å²) in [6, 6.07) is 20.5. The molecule has 232 valence electrons. The number of carbonyl (C=O) groups is 2. The maximum absolute atomic E-state index is 14.1. The van der Waals surface area contributed by atoms with E-state index < -0.39 is 0 Å². The number of hydrogen-bond donors (Lipinski definition) is 0. The fourth-order valence-electron chi connectivity index (χ4n) is 7.34. The van der Waals surface area contributed by atoms with E-state index in [-0.39, 0.29) is 27.6 Å². The Morgan fingerprint density at radius 1 is 0.705 bits per heavy atom. The molecule has 0 fully saturated rings. The van der Waals surface area contributed by atoms with Crippen molar-refractivity contribution in [2.45, 2.75) is 82.1 Å². The highest BCUT2D eigenvalue weighted by molar-refractivity contribution is 6.35. The third-order valence-corrected chi connectivity index (χ3v) is 12.2. The summed E-state index contributed by atoms with van der Waals surface area (Å²) >= 11 is 0. The van der Waals surface area contributed by atoms with Gasteiger partial charge in [0.2, 0.25) is 0 Å².